The Balaban J connectivity index is 1.69. The van der Waals surface area contributed by atoms with Gasteiger partial charge in [0.15, 0.2) is 0 Å². The van der Waals surface area contributed by atoms with Crippen LogP contribution in [0, 0.1) is 5.41 Å². The summed E-state index contributed by atoms with van der Waals surface area (Å²) in [5.74, 6) is -0.854. The van der Waals surface area contributed by atoms with Gasteiger partial charge in [-0.15, -0.1) is 11.3 Å². The van der Waals surface area contributed by atoms with E-state index in [9.17, 15) is 14.7 Å². The van der Waals surface area contributed by atoms with E-state index in [2.05, 4.69) is 5.32 Å². The first kappa shape index (κ1) is 15.6. The zero-order chi connectivity index (χ0) is 16.4. The molecule has 0 bridgehead atoms. The van der Waals surface area contributed by atoms with Gasteiger partial charge < -0.3 is 15.3 Å². The van der Waals surface area contributed by atoms with Crippen LogP contribution in [-0.2, 0) is 4.79 Å². The number of benzene rings is 1. The molecule has 1 fully saturated rings. The minimum absolute atomic E-state index is 0.235. The average molecular weight is 330 g/mol. The molecule has 1 atom stereocenters. The van der Waals surface area contributed by atoms with Crippen molar-refractivity contribution in [1.29, 1.82) is 0 Å². The Labute approximate surface area is 138 Å². The standard InChI is InChI=1S/C17H18N2O3S/c1-17(15(20)21)7-8-19(11-17)16(22)18-13-5-2-4-12(10-13)14-6-3-9-23-14/h2-6,9-10H,7-8,11H2,1H3,(H,18,22)(H,20,21). The summed E-state index contributed by atoms with van der Waals surface area (Å²) in [7, 11) is 0. The van der Waals surface area contributed by atoms with E-state index in [1.807, 2.05) is 41.8 Å². The largest absolute Gasteiger partial charge is 0.481 e. The van der Waals surface area contributed by atoms with E-state index in [1.54, 1.807) is 23.2 Å². The summed E-state index contributed by atoms with van der Waals surface area (Å²) in [4.78, 5) is 26.3. The minimum Gasteiger partial charge on any atom is -0.481 e. The fourth-order valence-electron chi connectivity index (χ4n) is 2.70. The number of urea groups is 1. The van der Waals surface area contributed by atoms with Gasteiger partial charge in [-0.3, -0.25) is 4.79 Å². The number of amides is 2. The van der Waals surface area contributed by atoms with Crippen LogP contribution in [0.4, 0.5) is 10.5 Å². The molecule has 2 amide bonds. The Morgan fingerprint density at radius 1 is 1.30 bits per heavy atom. The zero-order valence-corrected chi connectivity index (χ0v) is 13.6. The highest BCUT2D eigenvalue weighted by atomic mass is 32.1. The van der Waals surface area contributed by atoms with Crippen LogP contribution in [0.25, 0.3) is 10.4 Å². The molecule has 6 heteroatoms. The summed E-state index contributed by atoms with van der Waals surface area (Å²) in [6.45, 7) is 2.37. The molecule has 1 aliphatic heterocycles. The van der Waals surface area contributed by atoms with Gasteiger partial charge in [-0.25, -0.2) is 4.79 Å². The van der Waals surface area contributed by atoms with E-state index in [-0.39, 0.29) is 12.6 Å². The van der Waals surface area contributed by atoms with E-state index in [1.165, 1.54) is 0 Å². The van der Waals surface area contributed by atoms with Gasteiger partial charge in [0.2, 0.25) is 0 Å². The van der Waals surface area contributed by atoms with E-state index >= 15 is 0 Å². The third-order valence-corrected chi connectivity index (χ3v) is 5.12. The SMILES string of the molecule is CC1(C(=O)O)CCN(C(=O)Nc2cccc(-c3cccs3)c2)C1. The van der Waals surface area contributed by atoms with Crippen LogP contribution in [0.1, 0.15) is 13.3 Å². The molecule has 1 aliphatic rings. The molecule has 1 unspecified atom stereocenters. The highest BCUT2D eigenvalue weighted by Gasteiger charge is 2.42. The first-order valence-corrected chi connectivity index (χ1v) is 8.29. The number of likely N-dealkylation sites (tertiary alicyclic amines) is 1. The van der Waals surface area contributed by atoms with Crippen molar-refractivity contribution in [2.24, 2.45) is 5.41 Å². The summed E-state index contributed by atoms with van der Waals surface area (Å²) >= 11 is 1.64. The molecule has 2 heterocycles. The van der Waals surface area contributed by atoms with E-state index < -0.39 is 11.4 Å². The van der Waals surface area contributed by atoms with Crippen LogP contribution in [0.5, 0.6) is 0 Å². The van der Waals surface area contributed by atoms with Gasteiger partial charge in [0.25, 0.3) is 0 Å². The fourth-order valence-corrected chi connectivity index (χ4v) is 3.43. The maximum atomic E-state index is 12.3. The first-order valence-electron chi connectivity index (χ1n) is 7.41. The molecule has 0 saturated carbocycles. The highest BCUT2D eigenvalue weighted by molar-refractivity contribution is 7.13. The second-order valence-electron chi connectivity index (χ2n) is 6.03. The number of anilines is 1. The number of carboxylic acids is 1. The second kappa shape index (κ2) is 6.04. The molecule has 2 N–H and O–H groups in total. The lowest BCUT2D eigenvalue weighted by atomic mass is 9.90. The lowest BCUT2D eigenvalue weighted by Crippen LogP contribution is -2.37. The van der Waals surface area contributed by atoms with Crippen LogP contribution in [0.2, 0.25) is 0 Å². The van der Waals surface area contributed by atoms with Crippen molar-refractivity contribution >= 4 is 29.0 Å². The predicted octanol–water partition coefficient (Wildman–Crippen LogP) is 3.74. The quantitative estimate of drug-likeness (QED) is 0.900. The number of nitrogens with one attached hydrogen (secondary N) is 1. The number of hydrogen-bond donors (Lipinski definition) is 2. The van der Waals surface area contributed by atoms with E-state index in [4.69, 9.17) is 0 Å². The Morgan fingerprint density at radius 3 is 2.78 bits per heavy atom. The Bertz CT molecular complexity index is 729. The molecular weight excluding hydrogens is 312 g/mol. The van der Waals surface area contributed by atoms with Crippen LogP contribution >= 0.6 is 11.3 Å². The molecular formula is C17H18N2O3S. The van der Waals surface area contributed by atoms with Crippen molar-refractivity contribution in [3.63, 3.8) is 0 Å². The van der Waals surface area contributed by atoms with Crippen molar-refractivity contribution in [3.8, 4) is 10.4 Å². The minimum atomic E-state index is -0.854. The molecule has 1 aromatic heterocycles. The lowest BCUT2D eigenvalue weighted by Gasteiger charge is -2.20. The van der Waals surface area contributed by atoms with Crippen molar-refractivity contribution in [3.05, 3.63) is 41.8 Å². The maximum absolute atomic E-state index is 12.3. The van der Waals surface area contributed by atoms with Crippen molar-refractivity contribution in [2.75, 3.05) is 18.4 Å². The Kier molecular flexibility index (Phi) is 4.09. The molecule has 120 valence electrons. The molecule has 3 rings (SSSR count). The Morgan fingerprint density at radius 2 is 2.13 bits per heavy atom. The smallest absolute Gasteiger partial charge is 0.321 e. The first-order chi connectivity index (χ1) is 11.0. The maximum Gasteiger partial charge on any atom is 0.321 e. The number of nitrogens with zero attached hydrogens (tertiary/aromatic N) is 1. The van der Waals surface area contributed by atoms with Crippen LogP contribution in [-0.4, -0.2) is 35.1 Å². The van der Waals surface area contributed by atoms with Gasteiger partial charge >= 0.3 is 12.0 Å². The van der Waals surface area contributed by atoms with Gasteiger partial charge in [0.05, 0.1) is 5.41 Å². The van der Waals surface area contributed by atoms with E-state index in [0.29, 0.717) is 18.7 Å². The zero-order valence-electron chi connectivity index (χ0n) is 12.8. The van der Waals surface area contributed by atoms with Gasteiger partial charge in [0, 0.05) is 23.7 Å². The van der Waals surface area contributed by atoms with E-state index in [0.717, 1.165) is 10.4 Å². The molecule has 5 nitrogen and oxygen atoms in total. The molecule has 0 spiro atoms. The number of carbonyl (C=O) groups is 2. The van der Waals surface area contributed by atoms with Crippen molar-refractivity contribution in [2.45, 2.75) is 13.3 Å². The number of carbonyl (C=O) groups excluding carboxylic acids is 1. The summed E-state index contributed by atoms with van der Waals surface area (Å²) in [5, 5.41) is 14.1. The molecule has 2 aromatic rings. The summed E-state index contributed by atoms with van der Waals surface area (Å²) in [6.07, 6.45) is 0.477. The molecule has 0 radical (unpaired) electrons. The molecule has 1 saturated heterocycles. The molecule has 1 aromatic carbocycles. The number of thiophene rings is 1. The Hall–Kier alpha value is -2.34. The van der Waals surface area contributed by atoms with Gasteiger partial charge in [-0.1, -0.05) is 18.2 Å². The molecule has 23 heavy (non-hydrogen) atoms. The monoisotopic (exact) mass is 330 g/mol. The summed E-state index contributed by atoms with van der Waals surface area (Å²) in [6, 6.07) is 11.4. The van der Waals surface area contributed by atoms with Gasteiger partial charge in [-0.2, -0.15) is 0 Å². The van der Waals surface area contributed by atoms with Gasteiger partial charge in [-0.05, 0) is 42.5 Å². The van der Waals surface area contributed by atoms with Crippen molar-refractivity contribution in [1.82, 2.24) is 4.90 Å². The second-order valence-corrected chi connectivity index (χ2v) is 6.97. The summed E-state index contributed by atoms with van der Waals surface area (Å²) < 4.78 is 0. The lowest BCUT2D eigenvalue weighted by molar-refractivity contribution is -0.146. The number of carboxylic acid groups (broad SMARTS) is 1. The van der Waals surface area contributed by atoms with Crippen LogP contribution < -0.4 is 5.32 Å². The van der Waals surface area contributed by atoms with Crippen LogP contribution in [0.3, 0.4) is 0 Å². The number of aliphatic carboxylic acids is 1. The highest BCUT2D eigenvalue weighted by Crippen LogP contribution is 2.31. The third kappa shape index (κ3) is 3.22. The topological polar surface area (TPSA) is 69.6 Å². The number of hydrogen-bond acceptors (Lipinski definition) is 3. The normalized spacial score (nSPS) is 20.5. The molecule has 0 aliphatic carbocycles. The van der Waals surface area contributed by atoms with Crippen molar-refractivity contribution < 1.29 is 14.7 Å². The summed E-state index contributed by atoms with van der Waals surface area (Å²) in [5.41, 5.74) is 0.912. The average Bonchev–Trinajstić information content (AvgIpc) is 3.17. The fraction of sp³-hybridized carbons (Fsp3) is 0.294. The predicted molar refractivity (Wildman–Crippen MR) is 90.7 cm³/mol. The third-order valence-electron chi connectivity index (χ3n) is 4.20. The van der Waals surface area contributed by atoms with Gasteiger partial charge in [0.1, 0.15) is 0 Å². The number of rotatable bonds is 3. The van der Waals surface area contributed by atoms with Crippen LogP contribution in [0.15, 0.2) is 41.8 Å².